The Bertz CT molecular complexity index is 1500. The van der Waals surface area contributed by atoms with Crippen LogP contribution in [0.5, 0.6) is 5.88 Å². The molecule has 4 N–H and O–H groups in total. The zero-order valence-electron chi connectivity index (χ0n) is 19.1. The summed E-state index contributed by atoms with van der Waals surface area (Å²) >= 11 is 0. The summed E-state index contributed by atoms with van der Waals surface area (Å²) in [4.78, 5) is 19.4. The van der Waals surface area contributed by atoms with E-state index in [0.717, 1.165) is 5.56 Å². The molecule has 0 atom stereocenters. The topological polar surface area (TPSA) is 149 Å². The number of aromatic nitrogens is 2. The molecule has 0 aliphatic heterocycles. The number of aromatic hydroxyl groups is 1. The number of aromatic amines is 1. The number of fused-ring (bicyclic) bond motifs is 1. The number of hydrogen-bond acceptors (Lipinski definition) is 7. The molecule has 0 saturated heterocycles. The zero-order chi connectivity index (χ0) is 25.0. The molecule has 0 bridgehead atoms. The lowest BCUT2D eigenvalue weighted by Crippen LogP contribution is -2.30. The van der Waals surface area contributed by atoms with Crippen molar-refractivity contribution in [1.82, 2.24) is 20.0 Å². The number of azo groups is 1. The molecule has 0 radical (unpaired) electrons. The van der Waals surface area contributed by atoms with Crippen molar-refractivity contribution in [1.29, 1.82) is 0 Å². The molecule has 4 rings (SSSR count). The number of sulfonamides is 1. The van der Waals surface area contributed by atoms with E-state index in [4.69, 9.17) is 0 Å². The summed E-state index contributed by atoms with van der Waals surface area (Å²) in [6.07, 6.45) is 3.34. The zero-order valence-corrected chi connectivity index (χ0v) is 19.9. The number of pyridine rings is 1. The van der Waals surface area contributed by atoms with Crippen LogP contribution in [0.15, 0.2) is 82.1 Å². The maximum Gasteiger partial charge on any atom is 0.251 e. The SMILES string of the molecule is CC(C)NS(=O)(=O)c1ccc2[nH]c(O)c(N=Nc3cccc(C(=O)NCc4cccnc4)c3)c2c1. The third-order valence-electron chi connectivity index (χ3n) is 4.97. The number of carbonyl (C=O) groups is 1. The molecule has 10 nitrogen and oxygen atoms in total. The fourth-order valence-electron chi connectivity index (χ4n) is 3.39. The molecule has 2 aromatic carbocycles. The van der Waals surface area contributed by atoms with Gasteiger partial charge in [-0.25, -0.2) is 13.1 Å². The van der Waals surface area contributed by atoms with Crippen LogP contribution in [0.3, 0.4) is 0 Å². The quantitative estimate of drug-likeness (QED) is 0.271. The van der Waals surface area contributed by atoms with Crippen molar-refractivity contribution in [3.63, 3.8) is 0 Å². The van der Waals surface area contributed by atoms with Crippen LogP contribution in [-0.2, 0) is 16.6 Å². The molecule has 1 amide bonds. The minimum atomic E-state index is -3.73. The van der Waals surface area contributed by atoms with Crippen LogP contribution < -0.4 is 10.0 Å². The van der Waals surface area contributed by atoms with Gasteiger partial charge in [0, 0.05) is 35.9 Å². The molecule has 2 heterocycles. The second-order valence-electron chi connectivity index (χ2n) is 8.10. The van der Waals surface area contributed by atoms with E-state index in [1.54, 1.807) is 62.6 Å². The smallest absolute Gasteiger partial charge is 0.251 e. The van der Waals surface area contributed by atoms with Crippen LogP contribution in [0.2, 0.25) is 0 Å². The van der Waals surface area contributed by atoms with E-state index in [9.17, 15) is 18.3 Å². The van der Waals surface area contributed by atoms with Crippen LogP contribution in [0.1, 0.15) is 29.8 Å². The molecule has 35 heavy (non-hydrogen) atoms. The van der Waals surface area contributed by atoms with Crippen LogP contribution in [0, 0.1) is 0 Å². The molecule has 180 valence electrons. The minimum Gasteiger partial charge on any atom is -0.493 e. The highest BCUT2D eigenvalue weighted by Gasteiger charge is 2.19. The normalized spacial score (nSPS) is 12.0. The van der Waals surface area contributed by atoms with Gasteiger partial charge in [-0.2, -0.15) is 5.11 Å². The molecule has 0 saturated carbocycles. The van der Waals surface area contributed by atoms with Crippen molar-refractivity contribution in [2.24, 2.45) is 10.2 Å². The molecule has 0 aliphatic carbocycles. The highest BCUT2D eigenvalue weighted by atomic mass is 32.2. The Labute approximate surface area is 202 Å². The van der Waals surface area contributed by atoms with Gasteiger partial charge in [-0.05, 0) is 61.9 Å². The first-order valence-corrected chi connectivity index (χ1v) is 12.3. The van der Waals surface area contributed by atoms with Crippen LogP contribution in [-0.4, -0.2) is 35.4 Å². The van der Waals surface area contributed by atoms with E-state index in [1.807, 2.05) is 6.07 Å². The number of nitrogens with zero attached hydrogens (tertiary/aromatic N) is 3. The van der Waals surface area contributed by atoms with Crippen molar-refractivity contribution in [3.05, 3.63) is 78.1 Å². The first kappa shape index (κ1) is 24.0. The molecule has 0 unspecified atom stereocenters. The second-order valence-corrected chi connectivity index (χ2v) is 9.81. The maximum absolute atomic E-state index is 12.5. The van der Waals surface area contributed by atoms with Crippen molar-refractivity contribution >= 4 is 38.2 Å². The van der Waals surface area contributed by atoms with Crippen molar-refractivity contribution in [2.45, 2.75) is 31.3 Å². The van der Waals surface area contributed by atoms with E-state index in [1.165, 1.54) is 12.1 Å². The fraction of sp³-hybridized carbons (Fsp3) is 0.167. The molecule has 0 fully saturated rings. The molecular formula is C24H24N6O4S. The third kappa shape index (κ3) is 5.70. The predicted octanol–water partition coefficient (Wildman–Crippen LogP) is 4.30. The summed E-state index contributed by atoms with van der Waals surface area (Å²) in [6, 6.07) is 14.4. The van der Waals surface area contributed by atoms with Gasteiger partial charge in [0.2, 0.25) is 15.9 Å². The average molecular weight is 493 g/mol. The Morgan fingerprint density at radius 3 is 2.69 bits per heavy atom. The summed E-state index contributed by atoms with van der Waals surface area (Å²) in [5.74, 6) is -0.533. The van der Waals surface area contributed by atoms with E-state index >= 15 is 0 Å². The van der Waals surface area contributed by atoms with E-state index in [2.05, 4.69) is 30.2 Å². The van der Waals surface area contributed by atoms with Gasteiger partial charge in [0.15, 0.2) is 5.69 Å². The first-order valence-electron chi connectivity index (χ1n) is 10.8. The molecule has 11 heteroatoms. The Hall–Kier alpha value is -4.09. The second kappa shape index (κ2) is 10.0. The standard InChI is InChI=1S/C24H24N6O4S/c1-15(2)30-35(33,34)19-8-9-21-20(12-19)22(24(32)27-21)29-28-18-7-3-6-17(11-18)23(31)26-14-16-5-4-10-25-13-16/h3-13,15,27,30,32H,14H2,1-2H3,(H,26,31). The summed E-state index contributed by atoms with van der Waals surface area (Å²) in [7, 11) is -3.73. The highest BCUT2D eigenvalue weighted by molar-refractivity contribution is 7.89. The van der Waals surface area contributed by atoms with E-state index < -0.39 is 10.0 Å². The third-order valence-corrected chi connectivity index (χ3v) is 6.63. The van der Waals surface area contributed by atoms with E-state index in [-0.39, 0.29) is 28.4 Å². The number of amides is 1. The summed E-state index contributed by atoms with van der Waals surface area (Å²) in [5, 5.41) is 21.8. The van der Waals surface area contributed by atoms with Crippen LogP contribution in [0.25, 0.3) is 10.9 Å². The van der Waals surface area contributed by atoms with Gasteiger partial charge in [0.25, 0.3) is 5.91 Å². The summed E-state index contributed by atoms with van der Waals surface area (Å²) in [6.45, 7) is 3.79. The lowest BCUT2D eigenvalue weighted by Gasteiger charge is -2.09. The highest BCUT2D eigenvalue weighted by Crippen LogP contribution is 2.37. The van der Waals surface area contributed by atoms with E-state index in [0.29, 0.717) is 28.7 Å². The molecule has 2 aromatic heterocycles. The molecule has 0 aliphatic rings. The number of carbonyl (C=O) groups excluding carboxylic acids is 1. The molecule has 4 aromatic rings. The monoisotopic (exact) mass is 492 g/mol. The van der Waals surface area contributed by atoms with Crippen molar-refractivity contribution < 1.29 is 18.3 Å². The summed E-state index contributed by atoms with van der Waals surface area (Å²) in [5.41, 5.74) is 2.24. The van der Waals surface area contributed by atoms with Gasteiger partial charge >= 0.3 is 0 Å². The minimum absolute atomic E-state index is 0.0430. The number of H-pyrrole nitrogens is 1. The number of hydrogen-bond donors (Lipinski definition) is 4. The van der Waals surface area contributed by atoms with Crippen LogP contribution in [0.4, 0.5) is 11.4 Å². The fourth-order valence-corrected chi connectivity index (χ4v) is 4.67. The molecule has 0 spiro atoms. The van der Waals surface area contributed by atoms with Gasteiger partial charge in [0.05, 0.1) is 16.1 Å². The maximum atomic E-state index is 12.5. The average Bonchev–Trinajstić information content (AvgIpc) is 3.15. The summed E-state index contributed by atoms with van der Waals surface area (Å²) < 4.78 is 27.6. The number of rotatable bonds is 8. The number of nitrogens with one attached hydrogen (secondary N) is 3. The number of benzene rings is 2. The van der Waals surface area contributed by atoms with Gasteiger partial charge in [-0.15, -0.1) is 5.11 Å². The Morgan fingerprint density at radius 2 is 1.94 bits per heavy atom. The van der Waals surface area contributed by atoms with Gasteiger partial charge in [0.1, 0.15) is 0 Å². The Balaban J connectivity index is 1.57. The Morgan fingerprint density at radius 1 is 1.11 bits per heavy atom. The predicted molar refractivity (Wildman–Crippen MR) is 131 cm³/mol. The lowest BCUT2D eigenvalue weighted by molar-refractivity contribution is 0.0951. The van der Waals surface area contributed by atoms with Crippen molar-refractivity contribution in [3.8, 4) is 5.88 Å². The van der Waals surface area contributed by atoms with Gasteiger partial charge < -0.3 is 15.4 Å². The lowest BCUT2D eigenvalue weighted by atomic mass is 10.2. The first-order chi connectivity index (χ1) is 16.7. The van der Waals surface area contributed by atoms with Gasteiger partial charge in [-0.1, -0.05) is 12.1 Å². The van der Waals surface area contributed by atoms with Crippen molar-refractivity contribution in [2.75, 3.05) is 0 Å². The van der Waals surface area contributed by atoms with Crippen LogP contribution >= 0.6 is 0 Å². The largest absolute Gasteiger partial charge is 0.493 e. The molecular weight excluding hydrogens is 468 g/mol. The van der Waals surface area contributed by atoms with Gasteiger partial charge in [-0.3, -0.25) is 9.78 Å². The Kier molecular flexibility index (Phi) is 6.90.